The maximum atomic E-state index is 15.8. The topological polar surface area (TPSA) is 62.8 Å². The van der Waals surface area contributed by atoms with Gasteiger partial charge < -0.3 is 24.6 Å². The molecule has 0 unspecified atom stereocenters. The van der Waals surface area contributed by atoms with E-state index >= 15 is 8.78 Å². The zero-order valence-corrected chi connectivity index (χ0v) is 24.9. The van der Waals surface area contributed by atoms with E-state index in [4.69, 9.17) is 9.47 Å². The molecule has 0 saturated carbocycles. The van der Waals surface area contributed by atoms with Gasteiger partial charge >= 0.3 is 0 Å². The van der Waals surface area contributed by atoms with Gasteiger partial charge in [-0.3, -0.25) is 0 Å². The highest BCUT2D eigenvalue weighted by atomic mass is 19.3. The largest absolute Gasteiger partial charge is 0.493 e. The average Bonchev–Trinajstić information content (AvgIpc) is 3.02. The van der Waals surface area contributed by atoms with Crippen LogP contribution in [0, 0.1) is 12.8 Å². The Bertz CT molecular complexity index is 1370. The summed E-state index contributed by atoms with van der Waals surface area (Å²) >= 11 is 0. The molecule has 1 aromatic heterocycles. The van der Waals surface area contributed by atoms with Crippen molar-refractivity contribution in [3.8, 4) is 5.75 Å². The number of rotatable bonds is 1. The Labute approximate surface area is 247 Å². The van der Waals surface area contributed by atoms with Gasteiger partial charge in [0.05, 0.1) is 36.9 Å². The first kappa shape index (κ1) is 29.1. The van der Waals surface area contributed by atoms with Crippen molar-refractivity contribution in [2.24, 2.45) is 5.92 Å². The van der Waals surface area contributed by atoms with Crippen LogP contribution >= 0.6 is 0 Å². The van der Waals surface area contributed by atoms with Gasteiger partial charge in [-0.25, -0.2) is 8.78 Å². The maximum absolute atomic E-state index is 15.8. The number of anilines is 2. The minimum Gasteiger partial charge on any atom is -0.493 e. The molecule has 4 aliphatic heterocycles. The van der Waals surface area contributed by atoms with Crippen LogP contribution in [-0.2, 0) is 10.7 Å². The number of benzene rings is 2. The van der Waals surface area contributed by atoms with Crippen molar-refractivity contribution in [1.82, 2.24) is 15.1 Å². The molecule has 8 bridgehead atoms. The van der Waals surface area contributed by atoms with Crippen molar-refractivity contribution in [3.05, 3.63) is 53.2 Å². The Morgan fingerprint density at radius 2 is 1.69 bits per heavy atom. The van der Waals surface area contributed by atoms with E-state index in [1.807, 2.05) is 19.9 Å². The van der Waals surface area contributed by atoms with E-state index in [1.165, 1.54) is 0 Å². The molecule has 1 atom stereocenters. The van der Waals surface area contributed by atoms with Crippen LogP contribution in [0.1, 0.15) is 68.3 Å². The minimum atomic E-state index is -2.86. The molecule has 3 aromatic rings. The number of hydrogen-bond donors (Lipinski definition) is 1. The molecule has 4 aliphatic rings. The third-order valence-corrected chi connectivity index (χ3v) is 9.23. The van der Waals surface area contributed by atoms with E-state index < -0.39 is 11.8 Å². The minimum absolute atomic E-state index is 0.100. The highest BCUT2D eigenvalue weighted by Gasteiger charge is 2.42. The van der Waals surface area contributed by atoms with Crippen molar-refractivity contribution >= 4 is 22.3 Å². The lowest BCUT2D eigenvalue weighted by Gasteiger charge is -2.36. The van der Waals surface area contributed by atoms with E-state index in [9.17, 15) is 0 Å². The molecule has 2 fully saturated rings. The predicted octanol–water partition coefficient (Wildman–Crippen LogP) is 6.70. The Balaban J connectivity index is 1.38. The summed E-state index contributed by atoms with van der Waals surface area (Å²) in [6, 6.07) is 10.9. The van der Waals surface area contributed by atoms with Gasteiger partial charge in [-0.15, -0.1) is 5.10 Å². The Morgan fingerprint density at radius 3 is 2.50 bits per heavy atom. The summed E-state index contributed by atoms with van der Waals surface area (Å²) in [5, 5.41) is 14.4. The molecule has 0 amide bonds. The van der Waals surface area contributed by atoms with Crippen LogP contribution in [-0.4, -0.2) is 67.6 Å². The fourth-order valence-electron chi connectivity index (χ4n) is 6.65. The number of alkyl halides is 2. The molecule has 1 N–H and O–H groups in total. The second kappa shape index (κ2) is 12.7. The SMILES string of the molecule is Cc1nnc2c3cc(N4CCOCC4)cc(c13)OCCCCCCN1CCC(CC1)C(F)(F)c1cccc(c1)[C@@H](C)N2. The number of aromatic nitrogens is 2. The predicted molar refractivity (Wildman–Crippen MR) is 163 cm³/mol. The Morgan fingerprint density at radius 1 is 0.905 bits per heavy atom. The molecule has 42 heavy (non-hydrogen) atoms. The van der Waals surface area contributed by atoms with Crippen LogP contribution < -0.4 is 15.0 Å². The van der Waals surface area contributed by atoms with E-state index in [1.54, 1.807) is 18.2 Å². The van der Waals surface area contributed by atoms with Gasteiger partial charge in [-0.1, -0.05) is 31.0 Å². The van der Waals surface area contributed by atoms with Gasteiger partial charge in [0.25, 0.3) is 5.92 Å². The first-order valence-electron chi connectivity index (χ1n) is 15.6. The van der Waals surface area contributed by atoms with Gasteiger partial charge in [-0.05, 0) is 76.9 Å². The second-order valence-electron chi connectivity index (χ2n) is 12.1. The van der Waals surface area contributed by atoms with Gasteiger partial charge in [-0.2, -0.15) is 5.10 Å². The summed E-state index contributed by atoms with van der Waals surface area (Å²) < 4.78 is 43.7. The van der Waals surface area contributed by atoms with Crippen LogP contribution in [0.5, 0.6) is 5.75 Å². The number of piperidine rings is 1. The average molecular weight is 580 g/mol. The molecule has 7 rings (SSSR count). The number of morpholine rings is 1. The number of nitrogens with one attached hydrogen (secondary N) is 1. The molecule has 0 spiro atoms. The lowest BCUT2D eigenvalue weighted by atomic mass is 9.85. The zero-order valence-electron chi connectivity index (χ0n) is 24.9. The van der Waals surface area contributed by atoms with Crippen LogP contribution in [0.2, 0.25) is 0 Å². The maximum Gasteiger partial charge on any atom is 0.276 e. The van der Waals surface area contributed by atoms with Crippen molar-refractivity contribution in [2.45, 2.75) is 64.3 Å². The number of hydrogen-bond acceptors (Lipinski definition) is 7. The first-order valence-corrected chi connectivity index (χ1v) is 15.6. The smallest absolute Gasteiger partial charge is 0.276 e. The lowest BCUT2D eigenvalue weighted by molar-refractivity contribution is -0.0855. The molecular formula is C33H43F2N5O2. The molecule has 0 aliphatic carbocycles. The third kappa shape index (κ3) is 6.18. The highest BCUT2D eigenvalue weighted by molar-refractivity contribution is 5.99. The zero-order chi connectivity index (χ0) is 29.1. The number of ether oxygens (including phenoxy) is 2. The van der Waals surface area contributed by atoms with Crippen LogP contribution in [0.25, 0.3) is 10.8 Å². The van der Waals surface area contributed by atoms with Gasteiger partial charge in [0, 0.05) is 41.7 Å². The summed E-state index contributed by atoms with van der Waals surface area (Å²) in [6.07, 6.45) is 5.28. The normalized spacial score (nSPS) is 25.4. The second-order valence-corrected chi connectivity index (χ2v) is 12.1. The summed E-state index contributed by atoms with van der Waals surface area (Å²) in [7, 11) is 0. The van der Waals surface area contributed by atoms with E-state index in [0.717, 1.165) is 91.9 Å². The fourth-order valence-corrected chi connectivity index (χ4v) is 6.65. The molecular weight excluding hydrogens is 536 g/mol. The monoisotopic (exact) mass is 579 g/mol. The van der Waals surface area contributed by atoms with E-state index in [0.29, 0.717) is 38.5 Å². The molecule has 7 nitrogen and oxygen atoms in total. The van der Waals surface area contributed by atoms with Crippen molar-refractivity contribution in [3.63, 3.8) is 0 Å². The quantitative estimate of drug-likeness (QED) is 0.344. The van der Waals surface area contributed by atoms with Crippen LogP contribution in [0.15, 0.2) is 36.4 Å². The summed E-state index contributed by atoms with van der Waals surface area (Å²) in [6.45, 7) is 10.0. The Hall–Kier alpha value is -3.04. The first-order chi connectivity index (χ1) is 20.4. The van der Waals surface area contributed by atoms with Gasteiger partial charge in [0.2, 0.25) is 0 Å². The molecule has 5 heterocycles. The number of nitrogens with zero attached hydrogens (tertiary/aromatic N) is 4. The third-order valence-electron chi connectivity index (χ3n) is 9.23. The lowest BCUT2D eigenvalue weighted by Crippen LogP contribution is -2.40. The molecule has 0 radical (unpaired) electrons. The van der Waals surface area contributed by atoms with Crippen molar-refractivity contribution < 1.29 is 18.3 Å². The van der Waals surface area contributed by atoms with E-state index in [-0.39, 0.29) is 11.6 Å². The van der Waals surface area contributed by atoms with Crippen molar-refractivity contribution in [2.75, 3.05) is 62.8 Å². The highest BCUT2D eigenvalue weighted by Crippen LogP contribution is 2.43. The standard InChI is InChI=1S/C33H43F2N5O2/c1-23-25-8-7-9-27(20-25)33(34,35)26-10-13-39(14-11-26)12-5-3-4-6-17-42-30-22-28(40-15-18-41-19-16-40)21-29-31(30)24(2)37-38-32(29)36-23/h7-9,20-23,26H,3-6,10-19H2,1-2H3,(H,36,38)/t23-/m1/s1. The number of fused-ring (bicyclic) bond motifs is 9. The number of halogens is 2. The summed E-state index contributed by atoms with van der Waals surface area (Å²) in [5.74, 6) is -2.07. The van der Waals surface area contributed by atoms with Gasteiger partial charge in [0.1, 0.15) is 5.75 Å². The number of aryl methyl sites for hydroxylation is 1. The summed E-state index contributed by atoms with van der Waals surface area (Å²) in [5.41, 5.74) is 2.76. The van der Waals surface area contributed by atoms with Crippen LogP contribution in [0.4, 0.5) is 20.3 Å². The Kier molecular flexibility index (Phi) is 8.77. The van der Waals surface area contributed by atoms with Crippen LogP contribution in [0.3, 0.4) is 0 Å². The van der Waals surface area contributed by atoms with E-state index in [2.05, 4.69) is 37.4 Å². The molecule has 2 aromatic carbocycles. The van der Waals surface area contributed by atoms with Crippen molar-refractivity contribution in [1.29, 1.82) is 0 Å². The molecule has 9 heteroatoms. The summed E-state index contributed by atoms with van der Waals surface area (Å²) in [4.78, 5) is 4.67. The molecule has 226 valence electrons. The molecule has 2 saturated heterocycles. The van der Waals surface area contributed by atoms with Gasteiger partial charge in [0.15, 0.2) is 5.82 Å². The fraction of sp³-hybridized carbons (Fsp3) is 0.576.